The third kappa shape index (κ3) is 5.76. The Hall–Kier alpha value is -3.50. The van der Waals surface area contributed by atoms with E-state index in [9.17, 15) is 18.3 Å². The molecule has 0 radical (unpaired) electrons. The fraction of sp³-hybridized carbons (Fsp3) is 0.235. The van der Waals surface area contributed by atoms with Crippen LogP contribution in [0.2, 0.25) is 0 Å². The summed E-state index contributed by atoms with van der Waals surface area (Å²) in [6.45, 7) is 3.43. The zero-order valence-electron chi connectivity index (χ0n) is 15.3. The molecule has 8 nitrogen and oxygen atoms in total. The minimum absolute atomic E-state index is 0.0764. The van der Waals surface area contributed by atoms with Gasteiger partial charge in [0.25, 0.3) is 0 Å². The van der Waals surface area contributed by atoms with E-state index in [1.165, 1.54) is 12.3 Å². The Morgan fingerprint density at radius 1 is 1.29 bits per heavy atom. The number of hydrogen-bond acceptors (Lipinski definition) is 8. The number of nitrogens with zero attached hydrogens (tertiary/aromatic N) is 3. The molecule has 0 fully saturated rings. The fourth-order valence-corrected chi connectivity index (χ4v) is 2.19. The SMILES string of the molecule is CN/C=C(\C)c1cnc(N)c(/C(C)=N/Nc2cc(O)cc(OC(F)(F)F)c2)n1. The fourth-order valence-electron chi connectivity index (χ4n) is 2.19. The third-order valence-corrected chi connectivity index (χ3v) is 3.39. The predicted octanol–water partition coefficient (Wildman–Crippen LogP) is 3.08. The van der Waals surface area contributed by atoms with Crippen molar-refractivity contribution in [3.63, 3.8) is 0 Å². The molecule has 0 bridgehead atoms. The number of phenolic OH excluding ortho intramolecular Hbond substituents is 1. The molecule has 0 unspecified atom stereocenters. The van der Waals surface area contributed by atoms with Crippen molar-refractivity contribution in [2.75, 3.05) is 18.2 Å². The number of hydrazone groups is 1. The maximum atomic E-state index is 12.4. The topological polar surface area (TPSA) is 118 Å². The largest absolute Gasteiger partial charge is 0.573 e. The van der Waals surface area contributed by atoms with Crippen LogP contribution in [0, 0.1) is 0 Å². The van der Waals surface area contributed by atoms with Crippen LogP contribution >= 0.6 is 0 Å². The number of alkyl halides is 3. The molecule has 1 heterocycles. The van der Waals surface area contributed by atoms with Crippen molar-refractivity contribution in [3.05, 3.63) is 42.0 Å². The van der Waals surface area contributed by atoms with Crippen LogP contribution in [0.1, 0.15) is 25.2 Å². The molecule has 2 rings (SSSR count). The first-order valence-electron chi connectivity index (χ1n) is 7.96. The van der Waals surface area contributed by atoms with Crippen LogP contribution in [0.25, 0.3) is 5.57 Å². The second-order valence-corrected chi connectivity index (χ2v) is 5.68. The number of anilines is 2. The molecule has 0 aliphatic rings. The summed E-state index contributed by atoms with van der Waals surface area (Å²) in [4.78, 5) is 8.48. The van der Waals surface area contributed by atoms with Gasteiger partial charge in [0.2, 0.25) is 0 Å². The zero-order chi connectivity index (χ0) is 20.9. The second-order valence-electron chi connectivity index (χ2n) is 5.68. The summed E-state index contributed by atoms with van der Waals surface area (Å²) in [5, 5.41) is 16.5. The zero-order valence-corrected chi connectivity index (χ0v) is 15.3. The highest BCUT2D eigenvalue weighted by molar-refractivity contribution is 6.01. The lowest BCUT2D eigenvalue weighted by atomic mass is 10.2. The van der Waals surface area contributed by atoms with E-state index in [0.717, 1.165) is 17.7 Å². The molecular weight excluding hydrogens is 377 g/mol. The number of aromatic hydroxyl groups is 1. The van der Waals surface area contributed by atoms with E-state index in [1.54, 1.807) is 20.2 Å². The van der Waals surface area contributed by atoms with Gasteiger partial charge in [0.1, 0.15) is 17.2 Å². The van der Waals surface area contributed by atoms with Gasteiger partial charge in [0, 0.05) is 31.4 Å². The molecule has 28 heavy (non-hydrogen) atoms. The molecule has 0 spiro atoms. The first-order chi connectivity index (χ1) is 13.1. The van der Waals surface area contributed by atoms with Crippen LogP contribution in [0.15, 0.2) is 35.7 Å². The molecule has 1 aromatic carbocycles. The van der Waals surface area contributed by atoms with Crippen molar-refractivity contribution in [1.29, 1.82) is 0 Å². The van der Waals surface area contributed by atoms with Crippen LogP contribution in [0.4, 0.5) is 24.7 Å². The van der Waals surface area contributed by atoms with E-state index >= 15 is 0 Å². The highest BCUT2D eigenvalue weighted by Gasteiger charge is 2.31. The molecule has 0 saturated heterocycles. The number of ether oxygens (including phenoxy) is 1. The quantitative estimate of drug-likeness (QED) is 0.438. The van der Waals surface area contributed by atoms with Gasteiger partial charge in [0.15, 0.2) is 5.82 Å². The maximum Gasteiger partial charge on any atom is 0.573 e. The van der Waals surface area contributed by atoms with Crippen LogP contribution in [-0.4, -0.2) is 34.2 Å². The number of benzene rings is 1. The second kappa shape index (κ2) is 8.46. The number of rotatable bonds is 6. The number of halogens is 3. The molecule has 0 amide bonds. The van der Waals surface area contributed by atoms with Gasteiger partial charge in [-0.3, -0.25) is 5.43 Å². The van der Waals surface area contributed by atoms with Crippen molar-refractivity contribution in [2.45, 2.75) is 20.2 Å². The molecule has 0 saturated carbocycles. The smallest absolute Gasteiger partial charge is 0.508 e. The maximum absolute atomic E-state index is 12.4. The van der Waals surface area contributed by atoms with Gasteiger partial charge in [-0.25, -0.2) is 9.97 Å². The number of nitrogens with two attached hydrogens (primary N) is 1. The molecular formula is C17H19F3N6O2. The number of hydrogen-bond donors (Lipinski definition) is 4. The first-order valence-corrected chi connectivity index (χ1v) is 7.96. The average Bonchev–Trinajstić information content (AvgIpc) is 2.58. The Balaban J connectivity index is 2.27. The molecule has 150 valence electrons. The summed E-state index contributed by atoms with van der Waals surface area (Å²) in [6.07, 6.45) is -1.63. The lowest BCUT2D eigenvalue weighted by Crippen LogP contribution is -2.17. The predicted molar refractivity (Wildman–Crippen MR) is 99.8 cm³/mol. The first kappa shape index (κ1) is 20.8. The van der Waals surface area contributed by atoms with Crippen LogP contribution in [0.5, 0.6) is 11.5 Å². The van der Waals surface area contributed by atoms with Gasteiger partial charge in [-0.2, -0.15) is 5.10 Å². The van der Waals surface area contributed by atoms with Crippen LogP contribution < -0.4 is 21.2 Å². The highest BCUT2D eigenvalue weighted by Crippen LogP contribution is 2.29. The van der Waals surface area contributed by atoms with Gasteiger partial charge in [-0.05, 0) is 19.4 Å². The molecule has 0 aliphatic heterocycles. The number of nitrogen functional groups attached to an aromatic ring is 1. The summed E-state index contributed by atoms with van der Waals surface area (Å²) < 4.78 is 40.9. The Labute approximate surface area is 159 Å². The van der Waals surface area contributed by atoms with E-state index in [2.05, 4.69) is 30.5 Å². The van der Waals surface area contributed by atoms with Crippen molar-refractivity contribution in [1.82, 2.24) is 15.3 Å². The number of phenols is 1. The summed E-state index contributed by atoms with van der Waals surface area (Å²) in [6, 6.07) is 3.06. The Morgan fingerprint density at radius 2 is 2.00 bits per heavy atom. The minimum Gasteiger partial charge on any atom is -0.508 e. The van der Waals surface area contributed by atoms with E-state index in [4.69, 9.17) is 5.73 Å². The Kier molecular flexibility index (Phi) is 6.29. The van der Waals surface area contributed by atoms with E-state index in [0.29, 0.717) is 17.1 Å². The summed E-state index contributed by atoms with van der Waals surface area (Å²) in [7, 11) is 1.75. The normalized spacial score (nSPS) is 12.6. The molecule has 0 atom stereocenters. The van der Waals surface area contributed by atoms with Crippen molar-refractivity contribution >= 4 is 22.8 Å². The van der Waals surface area contributed by atoms with Crippen molar-refractivity contribution < 1.29 is 23.0 Å². The molecule has 2 aromatic rings. The summed E-state index contributed by atoms with van der Waals surface area (Å²) in [5.74, 6) is -0.871. The molecule has 1 aromatic heterocycles. The van der Waals surface area contributed by atoms with Crippen molar-refractivity contribution in [2.24, 2.45) is 5.10 Å². The standard InChI is InChI=1S/C17H19F3N6O2/c1-9(7-22-3)14-8-23-16(21)15(24-14)10(2)25-26-11-4-12(27)6-13(5-11)28-17(18,19)20/h4-8,22,26-27H,1-3H3,(H2,21,23)/b9-7+,25-10+. The Morgan fingerprint density at radius 3 is 2.64 bits per heavy atom. The monoisotopic (exact) mass is 396 g/mol. The van der Waals surface area contributed by atoms with Gasteiger partial charge in [-0.15, -0.1) is 13.2 Å². The molecule has 0 aliphatic carbocycles. The highest BCUT2D eigenvalue weighted by atomic mass is 19.4. The molecule has 5 N–H and O–H groups in total. The lowest BCUT2D eigenvalue weighted by molar-refractivity contribution is -0.274. The molecule has 11 heteroatoms. The number of allylic oxidation sites excluding steroid dienone is 1. The van der Waals surface area contributed by atoms with Gasteiger partial charge < -0.3 is 20.9 Å². The van der Waals surface area contributed by atoms with E-state index in [1.807, 2.05) is 6.92 Å². The third-order valence-electron chi connectivity index (χ3n) is 3.39. The van der Waals surface area contributed by atoms with Crippen molar-refractivity contribution in [3.8, 4) is 11.5 Å². The minimum atomic E-state index is -4.88. The number of nitrogens with one attached hydrogen (secondary N) is 2. The van der Waals surface area contributed by atoms with E-state index < -0.39 is 17.9 Å². The average molecular weight is 396 g/mol. The van der Waals surface area contributed by atoms with Crippen LogP contribution in [0.3, 0.4) is 0 Å². The summed E-state index contributed by atoms with van der Waals surface area (Å²) >= 11 is 0. The van der Waals surface area contributed by atoms with Gasteiger partial charge in [-0.1, -0.05) is 0 Å². The number of aromatic nitrogens is 2. The van der Waals surface area contributed by atoms with Gasteiger partial charge in [0.05, 0.1) is 23.3 Å². The lowest BCUT2D eigenvalue weighted by Gasteiger charge is -2.11. The Bertz CT molecular complexity index is 912. The van der Waals surface area contributed by atoms with Gasteiger partial charge >= 0.3 is 6.36 Å². The van der Waals surface area contributed by atoms with Crippen LogP contribution in [-0.2, 0) is 0 Å². The van der Waals surface area contributed by atoms with E-state index in [-0.39, 0.29) is 11.5 Å². The summed E-state index contributed by atoms with van der Waals surface area (Å²) in [5.41, 5.74) is 10.5.